The van der Waals surface area contributed by atoms with Crippen molar-refractivity contribution in [3.63, 3.8) is 0 Å². The van der Waals surface area contributed by atoms with Gasteiger partial charge in [0, 0.05) is 5.56 Å². The molecule has 0 aliphatic rings. The molecule has 0 radical (unpaired) electrons. The van der Waals surface area contributed by atoms with Gasteiger partial charge in [0.2, 0.25) is 10.6 Å². The molecule has 2 heterocycles. The zero-order valence-corrected chi connectivity index (χ0v) is 17.4. The van der Waals surface area contributed by atoms with Crippen molar-refractivity contribution in [2.24, 2.45) is 5.10 Å². The number of hydrogen-bond acceptors (Lipinski definition) is 4. The predicted molar refractivity (Wildman–Crippen MR) is 119 cm³/mol. The molecule has 6 nitrogen and oxygen atoms in total. The SMILES string of the molecule is CC(C)(C)c1ccc(C=Nn2c(-c3cc(-c4ccccc4)n[nH]3)n[nH]c2=S)cc1. The van der Waals surface area contributed by atoms with Crippen LogP contribution < -0.4 is 0 Å². The normalized spacial score (nSPS) is 12.0. The van der Waals surface area contributed by atoms with Crippen LogP contribution >= 0.6 is 12.2 Å². The lowest BCUT2D eigenvalue weighted by molar-refractivity contribution is 0.590. The molecule has 0 saturated heterocycles. The first-order valence-electron chi connectivity index (χ1n) is 9.35. The molecule has 0 spiro atoms. The Morgan fingerprint density at radius 1 is 0.966 bits per heavy atom. The summed E-state index contributed by atoms with van der Waals surface area (Å²) in [5.41, 5.74) is 4.98. The van der Waals surface area contributed by atoms with Crippen LogP contribution in [-0.2, 0) is 5.41 Å². The molecule has 4 rings (SSSR count). The summed E-state index contributed by atoms with van der Waals surface area (Å²) in [7, 11) is 0. The van der Waals surface area contributed by atoms with E-state index >= 15 is 0 Å². The summed E-state index contributed by atoms with van der Waals surface area (Å²) in [6.07, 6.45) is 1.77. The minimum Gasteiger partial charge on any atom is -0.274 e. The summed E-state index contributed by atoms with van der Waals surface area (Å²) in [6.45, 7) is 6.59. The molecule has 0 fully saturated rings. The summed E-state index contributed by atoms with van der Waals surface area (Å²) < 4.78 is 2.01. The number of aromatic amines is 2. The summed E-state index contributed by atoms with van der Waals surface area (Å²) in [5.74, 6) is 0.576. The van der Waals surface area contributed by atoms with Crippen molar-refractivity contribution < 1.29 is 0 Å². The fourth-order valence-electron chi connectivity index (χ4n) is 2.96. The third-order valence-electron chi connectivity index (χ3n) is 4.64. The maximum absolute atomic E-state index is 5.35. The Labute approximate surface area is 174 Å². The highest BCUT2D eigenvalue weighted by molar-refractivity contribution is 7.71. The van der Waals surface area contributed by atoms with Crippen molar-refractivity contribution >= 4 is 18.4 Å². The van der Waals surface area contributed by atoms with E-state index in [-0.39, 0.29) is 5.41 Å². The van der Waals surface area contributed by atoms with Crippen molar-refractivity contribution in [1.29, 1.82) is 0 Å². The number of benzene rings is 2. The van der Waals surface area contributed by atoms with Crippen LogP contribution in [0.5, 0.6) is 0 Å². The molecule has 2 aromatic heterocycles. The van der Waals surface area contributed by atoms with Gasteiger partial charge in [0.15, 0.2) is 0 Å². The monoisotopic (exact) mass is 402 g/mol. The average molecular weight is 403 g/mol. The van der Waals surface area contributed by atoms with Crippen LogP contribution in [0.15, 0.2) is 65.8 Å². The van der Waals surface area contributed by atoms with Gasteiger partial charge in [-0.2, -0.15) is 20.0 Å². The van der Waals surface area contributed by atoms with Crippen LogP contribution in [0.4, 0.5) is 0 Å². The van der Waals surface area contributed by atoms with E-state index in [2.05, 4.69) is 70.5 Å². The second-order valence-corrected chi connectivity index (χ2v) is 8.20. The van der Waals surface area contributed by atoms with E-state index in [1.165, 1.54) is 5.56 Å². The Morgan fingerprint density at radius 2 is 1.69 bits per heavy atom. The molecule has 29 heavy (non-hydrogen) atoms. The lowest BCUT2D eigenvalue weighted by atomic mass is 9.87. The second-order valence-electron chi connectivity index (χ2n) is 7.81. The molecule has 0 aliphatic carbocycles. The van der Waals surface area contributed by atoms with E-state index in [0.29, 0.717) is 10.6 Å². The smallest absolute Gasteiger partial charge is 0.216 e. The average Bonchev–Trinajstić information content (AvgIpc) is 3.33. The minimum atomic E-state index is 0.118. The Balaban J connectivity index is 1.62. The molecular weight excluding hydrogens is 380 g/mol. The maximum Gasteiger partial charge on any atom is 0.216 e. The van der Waals surface area contributed by atoms with E-state index in [0.717, 1.165) is 22.5 Å². The number of H-pyrrole nitrogens is 2. The van der Waals surface area contributed by atoms with Crippen molar-refractivity contribution in [2.75, 3.05) is 0 Å². The zero-order chi connectivity index (χ0) is 20.4. The van der Waals surface area contributed by atoms with Gasteiger partial charge in [0.25, 0.3) is 0 Å². The third kappa shape index (κ3) is 4.09. The van der Waals surface area contributed by atoms with Crippen LogP contribution in [0.1, 0.15) is 31.9 Å². The molecule has 0 atom stereocenters. The minimum absolute atomic E-state index is 0.118. The lowest BCUT2D eigenvalue weighted by Gasteiger charge is -2.18. The molecule has 0 unspecified atom stereocenters. The van der Waals surface area contributed by atoms with Gasteiger partial charge in [-0.1, -0.05) is 75.4 Å². The fraction of sp³-hybridized carbons (Fsp3) is 0.182. The standard InChI is InChI=1S/C22H22N6S/c1-22(2,3)17-11-9-15(10-12-17)14-23-28-20(26-27-21(28)29)19-13-18(24-25-19)16-7-5-4-6-8-16/h4-14H,1-3H3,(H,24,25)(H,27,29). The van der Waals surface area contributed by atoms with E-state index < -0.39 is 0 Å². The Morgan fingerprint density at radius 3 is 2.38 bits per heavy atom. The van der Waals surface area contributed by atoms with E-state index in [9.17, 15) is 0 Å². The van der Waals surface area contributed by atoms with Crippen molar-refractivity contribution in [2.45, 2.75) is 26.2 Å². The highest BCUT2D eigenvalue weighted by Gasteiger charge is 2.14. The molecule has 7 heteroatoms. The van der Waals surface area contributed by atoms with Gasteiger partial charge in [-0.3, -0.25) is 5.10 Å². The maximum atomic E-state index is 5.35. The topological polar surface area (TPSA) is 74.7 Å². The van der Waals surface area contributed by atoms with Crippen molar-refractivity contribution in [3.05, 3.63) is 76.6 Å². The molecule has 0 aliphatic heterocycles. The molecular formula is C22H22N6S. The third-order valence-corrected chi connectivity index (χ3v) is 4.90. The Hall–Kier alpha value is -3.32. The number of hydrogen-bond donors (Lipinski definition) is 2. The van der Waals surface area contributed by atoms with E-state index in [1.807, 2.05) is 36.4 Å². The van der Waals surface area contributed by atoms with Crippen LogP contribution in [0.25, 0.3) is 22.8 Å². The molecule has 2 N–H and O–H groups in total. The van der Waals surface area contributed by atoms with E-state index in [1.54, 1.807) is 10.9 Å². The van der Waals surface area contributed by atoms with E-state index in [4.69, 9.17) is 12.2 Å². The van der Waals surface area contributed by atoms with Crippen LogP contribution in [-0.4, -0.2) is 31.3 Å². The number of nitrogens with zero attached hydrogens (tertiary/aromatic N) is 4. The lowest BCUT2D eigenvalue weighted by Crippen LogP contribution is -2.10. The van der Waals surface area contributed by atoms with Crippen LogP contribution in [0.3, 0.4) is 0 Å². The van der Waals surface area contributed by atoms with Gasteiger partial charge in [0.05, 0.1) is 11.9 Å². The van der Waals surface area contributed by atoms with Crippen molar-refractivity contribution in [3.8, 4) is 22.8 Å². The van der Waals surface area contributed by atoms with Gasteiger partial charge >= 0.3 is 0 Å². The molecule has 4 aromatic rings. The molecule has 0 amide bonds. The second kappa shape index (κ2) is 7.60. The summed E-state index contributed by atoms with van der Waals surface area (Å²) >= 11 is 5.35. The summed E-state index contributed by atoms with van der Waals surface area (Å²) in [4.78, 5) is 0. The highest BCUT2D eigenvalue weighted by Crippen LogP contribution is 2.23. The van der Waals surface area contributed by atoms with Gasteiger partial charge in [-0.15, -0.1) is 0 Å². The quantitative estimate of drug-likeness (QED) is 0.365. The molecule has 2 aromatic carbocycles. The van der Waals surface area contributed by atoms with Crippen molar-refractivity contribution in [1.82, 2.24) is 25.1 Å². The van der Waals surface area contributed by atoms with Crippen LogP contribution in [0.2, 0.25) is 0 Å². The number of rotatable bonds is 4. The molecule has 0 bridgehead atoms. The Bertz CT molecular complexity index is 1190. The number of nitrogens with one attached hydrogen (secondary N) is 2. The van der Waals surface area contributed by atoms with Gasteiger partial charge in [0.1, 0.15) is 5.69 Å². The largest absolute Gasteiger partial charge is 0.274 e. The fourth-order valence-corrected chi connectivity index (χ4v) is 3.14. The number of aromatic nitrogens is 5. The molecule has 146 valence electrons. The first-order valence-corrected chi connectivity index (χ1v) is 9.76. The highest BCUT2D eigenvalue weighted by atomic mass is 32.1. The zero-order valence-electron chi connectivity index (χ0n) is 16.5. The molecule has 0 saturated carbocycles. The first-order chi connectivity index (χ1) is 13.9. The summed E-state index contributed by atoms with van der Waals surface area (Å²) in [6, 6.07) is 20.2. The van der Waals surface area contributed by atoms with Gasteiger partial charge in [-0.05, 0) is 34.8 Å². The van der Waals surface area contributed by atoms with Gasteiger partial charge < -0.3 is 0 Å². The van der Waals surface area contributed by atoms with Gasteiger partial charge in [-0.25, -0.2) is 5.10 Å². The predicted octanol–water partition coefficient (Wildman–Crippen LogP) is 5.18. The summed E-state index contributed by atoms with van der Waals surface area (Å²) in [5, 5.41) is 19.1. The van der Waals surface area contributed by atoms with Crippen LogP contribution in [0, 0.1) is 4.77 Å². The Kier molecular flexibility index (Phi) is 4.98. The first kappa shape index (κ1) is 19.0.